The van der Waals surface area contributed by atoms with Crippen LogP contribution < -0.4 is 5.32 Å². The van der Waals surface area contributed by atoms with Gasteiger partial charge in [-0.1, -0.05) is 32.4 Å². The molecule has 0 spiro atoms. The Bertz CT molecular complexity index is 308. The number of hydrogen-bond donors (Lipinski definition) is 1. The second kappa shape index (κ2) is 5.52. The van der Waals surface area contributed by atoms with E-state index >= 15 is 0 Å². The van der Waals surface area contributed by atoms with Gasteiger partial charge in [-0.3, -0.25) is 0 Å². The Balaban J connectivity index is 2.57. The summed E-state index contributed by atoms with van der Waals surface area (Å²) in [7, 11) is 0. The van der Waals surface area contributed by atoms with Gasteiger partial charge >= 0.3 is 0 Å². The molecule has 0 aliphatic heterocycles. The highest BCUT2D eigenvalue weighted by molar-refractivity contribution is 6.32. The van der Waals surface area contributed by atoms with Crippen molar-refractivity contribution in [2.24, 2.45) is 11.8 Å². The summed E-state index contributed by atoms with van der Waals surface area (Å²) in [6.07, 6.45) is 0. The molecule has 84 valence electrons. The molecular formula is C10H15Cl2N3. The smallest absolute Gasteiger partial charge is 0.225 e. The number of halogens is 2. The molecule has 0 aliphatic carbocycles. The predicted molar refractivity (Wildman–Crippen MR) is 64.5 cm³/mol. The van der Waals surface area contributed by atoms with Crippen LogP contribution in [0.1, 0.15) is 20.8 Å². The summed E-state index contributed by atoms with van der Waals surface area (Å²) in [5, 5.41) is 3.71. The summed E-state index contributed by atoms with van der Waals surface area (Å²) in [5.74, 6) is 1.87. The van der Waals surface area contributed by atoms with Gasteiger partial charge in [0.1, 0.15) is 11.0 Å². The molecule has 3 nitrogen and oxygen atoms in total. The molecule has 0 bridgehead atoms. The Morgan fingerprint density at radius 1 is 1.27 bits per heavy atom. The van der Waals surface area contributed by atoms with Gasteiger partial charge in [0, 0.05) is 12.6 Å². The first kappa shape index (κ1) is 12.5. The van der Waals surface area contributed by atoms with Crippen molar-refractivity contribution >= 4 is 29.0 Å². The molecule has 0 aliphatic rings. The molecule has 1 atom stereocenters. The van der Waals surface area contributed by atoms with Crippen LogP contribution in [0.3, 0.4) is 0 Å². The van der Waals surface area contributed by atoms with Gasteiger partial charge in [0.05, 0.1) is 0 Å². The SMILES string of the molecule is CC(C)C(C)CNc1cc(Cl)nc(Cl)n1. The van der Waals surface area contributed by atoms with Gasteiger partial charge in [-0.2, -0.15) is 0 Å². The topological polar surface area (TPSA) is 37.8 Å². The third-order valence-corrected chi connectivity index (χ3v) is 2.77. The lowest BCUT2D eigenvalue weighted by molar-refractivity contribution is 0.439. The van der Waals surface area contributed by atoms with E-state index in [0.717, 1.165) is 6.54 Å². The van der Waals surface area contributed by atoms with Crippen molar-refractivity contribution in [3.8, 4) is 0 Å². The molecule has 0 amide bonds. The van der Waals surface area contributed by atoms with E-state index in [1.165, 1.54) is 0 Å². The van der Waals surface area contributed by atoms with Gasteiger partial charge in [-0.05, 0) is 23.4 Å². The zero-order chi connectivity index (χ0) is 11.4. The summed E-state index contributed by atoms with van der Waals surface area (Å²) >= 11 is 11.4. The molecule has 15 heavy (non-hydrogen) atoms. The fraction of sp³-hybridized carbons (Fsp3) is 0.600. The molecule has 0 radical (unpaired) electrons. The Labute approximate surface area is 100 Å². The van der Waals surface area contributed by atoms with Crippen LogP contribution >= 0.6 is 23.2 Å². The molecule has 0 saturated heterocycles. The normalized spacial score (nSPS) is 12.9. The fourth-order valence-electron chi connectivity index (χ4n) is 0.982. The van der Waals surface area contributed by atoms with Crippen LogP contribution in [0, 0.1) is 11.8 Å². The number of aromatic nitrogens is 2. The summed E-state index contributed by atoms with van der Waals surface area (Å²) in [6.45, 7) is 7.40. The number of rotatable bonds is 4. The minimum atomic E-state index is 0.169. The maximum Gasteiger partial charge on any atom is 0.225 e. The lowest BCUT2D eigenvalue weighted by Crippen LogP contribution is -2.16. The third-order valence-electron chi connectivity index (χ3n) is 2.41. The van der Waals surface area contributed by atoms with Gasteiger partial charge in [0.15, 0.2) is 0 Å². The number of hydrogen-bond acceptors (Lipinski definition) is 3. The zero-order valence-electron chi connectivity index (χ0n) is 9.09. The van der Waals surface area contributed by atoms with E-state index in [1.807, 2.05) is 0 Å². The van der Waals surface area contributed by atoms with Gasteiger partial charge in [-0.25, -0.2) is 9.97 Å². The van der Waals surface area contributed by atoms with Crippen LogP contribution in [0.4, 0.5) is 5.82 Å². The number of nitrogens with one attached hydrogen (secondary N) is 1. The largest absolute Gasteiger partial charge is 0.370 e. The summed E-state index contributed by atoms with van der Waals surface area (Å²) in [4.78, 5) is 7.80. The van der Waals surface area contributed by atoms with Crippen molar-refractivity contribution in [2.75, 3.05) is 11.9 Å². The van der Waals surface area contributed by atoms with E-state index in [0.29, 0.717) is 22.8 Å². The first-order valence-corrected chi connectivity index (χ1v) is 5.68. The average molecular weight is 248 g/mol. The van der Waals surface area contributed by atoms with Crippen LogP contribution in [0.25, 0.3) is 0 Å². The molecule has 1 aromatic rings. The predicted octanol–water partition coefficient (Wildman–Crippen LogP) is 3.49. The molecule has 1 heterocycles. The maximum absolute atomic E-state index is 5.75. The van der Waals surface area contributed by atoms with Crippen molar-refractivity contribution in [2.45, 2.75) is 20.8 Å². The van der Waals surface area contributed by atoms with Gasteiger partial charge in [0.25, 0.3) is 0 Å². The number of anilines is 1. The van der Waals surface area contributed by atoms with Gasteiger partial charge in [0.2, 0.25) is 5.28 Å². The second-order valence-corrected chi connectivity index (χ2v) is 4.67. The third kappa shape index (κ3) is 4.22. The average Bonchev–Trinajstić information content (AvgIpc) is 2.12. The monoisotopic (exact) mass is 247 g/mol. The van der Waals surface area contributed by atoms with E-state index in [-0.39, 0.29) is 5.28 Å². The first-order valence-electron chi connectivity index (χ1n) is 4.93. The molecule has 0 fully saturated rings. The first-order chi connectivity index (χ1) is 6.99. The van der Waals surface area contributed by atoms with Crippen molar-refractivity contribution in [3.05, 3.63) is 16.5 Å². The van der Waals surface area contributed by atoms with Crippen molar-refractivity contribution in [1.82, 2.24) is 9.97 Å². The Morgan fingerprint density at radius 2 is 1.93 bits per heavy atom. The molecule has 1 rings (SSSR count). The van der Waals surface area contributed by atoms with Gasteiger partial charge < -0.3 is 5.32 Å². The van der Waals surface area contributed by atoms with E-state index in [4.69, 9.17) is 23.2 Å². The highest BCUT2D eigenvalue weighted by Gasteiger charge is 2.07. The van der Waals surface area contributed by atoms with E-state index < -0.39 is 0 Å². The molecular weight excluding hydrogens is 233 g/mol. The molecule has 5 heteroatoms. The van der Waals surface area contributed by atoms with E-state index in [1.54, 1.807) is 6.07 Å². The van der Waals surface area contributed by atoms with Crippen molar-refractivity contribution in [1.29, 1.82) is 0 Å². The van der Waals surface area contributed by atoms with E-state index in [2.05, 4.69) is 36.1 Å². The lowest BCUT2D eigenvalue weighted by Gasteiger charge is -2.16. The Morgan fingerprint density at radius 3 is 2.47 bits per heavy atom. The van der Waals surface area contributed by atoms with Crippen LogP contribution in [-0.2, 0) is 0 Å². The molecule has 1 unspecified atom stereocenters. The van der Waals surface area contributed by atoms with Crippen molar-refractivity contribution < 1.29 is 0 Å². The molecule has 0 aromatic carbocycles. The molecule has 1 aromatic heterocycles. The summed E-state index contributed by atoms with van der Waals surface area (Å²) in [5.41, 5.74) is 0. The highest BCUT2D eigenvalue weighted by atomic mass is 35.5. The second-order valence-electron chi connectivity index (χ2n) is 3.95. The van der Waals surface area contributed by atoms with E-state index in [9.17, 15) is 0 Å². The molecule has 0 saturated carbocycles. The quantitative estimate of drug-likeness (QED) is 0.654. The van der Waals surface area contributed by atoms with Crippen molar-refractivity contribution in [3.63, 3.8) is 0 Å². The highest BCUT2D eigenvalue weighted by Crippen LogP contribution is 2.16. The van der Waals surface area contributed by atoms with Gasteiger partial charge in [-0.15, -0.1) is 0 Å². The fourth-order valence-corrected chi connectivity index (χ4v) is 1.39. The Kier molecular flexibility index (Phi) is 4.61. The van der Waals surface area contributed by atoms with Crippen LogP contribution in [0.15, 0.2) is 6.07 Å². The van der Waals surface area contributed by atoms with Crippen LogP contribution in [-0.4, -0.2) is 16.5 Å². The maximum atomic E-state index is 5.75. The summed E-state index contributed by atoms with van der Waals surface area (Å²) < 4.78 is 0. The minimum Gasteiger partial charge on any atom is -0.370 e. The minimum absolute atomic E-state index is 0.169. The standard InChI is InChI=1S/C10H15Cl2N3/c1-6(2)7(3)5-13-9-4-8(11)14-10(12)15-9/h4,6-7H,5H2,1-3H3,(H,13,14,15). The lowest BCUT2D eigenvalue weighted by atomic mass is 9.98. The number of nitrogens with zero attached hydrogens (tertiary/aromatic N) is 2. The summed E-state index contributed by atoms with van der Waals surface area (Å²) in [6, 6.07) is 1.67. The zero-order valence-corrected chi connectivity index (χ0v) is 10.6. The Hall–Kier alpha value is -0.540. The van der Waals surface area contributed by atoms with Crippen LogP contribution in [0.5, 0.6) is 0 Å². The van der Waals surface area contributed by atoms with Crippen LogP contribution in [0.2, 0.25) is 10.4 Å². The molecule has 1 N–H and O–H groups in total.